The molecule has 11 heteroatoms. The van der Waals surface area contributed by atoms with Crippen molar-refractivity contribution in [2.24, 2.45) is 0 Å². The Bertz CT molecular complexity index is 1190. The van der Waals surface area contributed by atoms with Crippen LogP contribution >= 0.6 is 73.9 Å². The smallest absolute Gasteiger partial charge is 0.326 e. The van der Waals surface area contributed by atoms with Gasteiger partial charge in [0.1, 0.15) is 10.8 Å². The third-order valence-corrected chi connectivity index (χ3v) is 6.17. The average molecular weight is 583 g/mol. The second-order valence-corrected chi connectivity index (χ2v) is 8.79. The molecule has 5 nitrogen and oxygen atoms in total. The number of benzene rings is 3. The summed E-state index contributed by atoms with van der Waals surface area (Å²) in [4.78, 5) is 24.5. The number of amides is 3. The van der Waals surface area contributed by atoms with Crippen molar-refractivity contribution in [1.29, 1.82) is 0 Å². The first-order valence-corrected chi connectivity index (χ1v) is 11.0. The fourth-order valence-corrected chi connectivity index (χ4v) is 3.83. The van der Waals surface area contributed by atoms with Crippen LogP contribution in [-0.4, -0.2) is 11.9 Å². The molecule has 0 aromatic heterocycles. The number of hydrogen-bond acceptors (Lipinski definition) is 3. The molecular formula is C20H10BrCl5N2O3. The summed E-state index contributed by atoms with van der Waals surface area (Å²) in [5, 5.41) is 5.19. The predicted octanol–water partition coefficient (Wildman–Crippen LogP) is 8.47. The minimum absolute atomic E-state index is 0.0421. The summed E-state index contributed by atoms with van der Waals surface area (Å²) in [6.45, 7) is 0. The first-order chi connectivity index (χ1) is 14.7. The Hall–Kier alpha value is -1.67. The highest BCUT2D eigenvalue weighted by atomic mass is 79.9. The number of imide groups is 1. The van der Waals surface area contributed by atoms with Gasteiger partial charge in [0.2, 0.25) is 0 Å². The Labute approximate surface area is 210 Å². The first-order valence-electron chi connectivity index (χ1n) is 8.34. The van der Waals surface area contributed by atoms with Gasteiger partial charge in [-0.1, -0.05) is 70.1 Å². The number of carbonyl (C=O) groups excluding carboxylic acids is 2. The summed E-state index contributed by atoms with van der Waals surface area (Å²) in [5.41, 5.74) is 0.205. The van der Waals surface area contributed by atoms with E-state index < -0.39 is 11.9 Å². The number of hydrogen-bond donors (Lipinski definition) is 2. The molecule has 0 spiro atoms. The molecule has 3 aromatic carbocycles. The number of ether oxygens (including phenoxy) is 1. The highest BCUT2D eigenvalue weighted by Crippen LogP contribution is 2.46. The van der Waals surface area contributed by atoms with Gasteiger partial charge in [0.15, 0.2) is 5.75 Å². The molecule has 0 radical (unpaired) electrons. The SMILES string of the molecule is O=C(NC(=O)c1ccccc1Cl)Nc1cc(Cl)c(Oc2cc(Cl)ccc2Br)c(Cl)c1Cl. The van der Waals surface area contributed by atoms with Crippen molar-refractivity contribution in [2.45, 2.75) is 0 Å². The van der Waals surface area contributed by atoms with Crippen LogP contribution in [0.3, 0.4) is 0 Å². The molecule has 160 valence electrons. The molecule has 0 atom stereocenters. The zero-order valence-electron chi connectivity index (χ0n) is 15.1. The summed E-state index contributed by atoms with van der Waals surface area (Å²) >= 11 is 34.2. The van der Waals surface area contributed by atoms with Crippen LogP contribution < -0.4 is 15.4 Å². The standard InChI is InChI=1S/C20H10BrCl5N2O3/c21-11-6-5-9(22)7-15(11)31-18-13(24)8-14(16(25)17(18)26)27-20(30)28-19(29)10-3-1-2-4-12(10)23/h1-8H,(H2,27,28,29,30). The zero-order chi connectivity index (χ0) is 22.7. The highest BCUT2D eigenvalue weighted by molar-refractivity contribution is 9.10. The van der Waals surface area contributed by atoms with Gasteiger partial charge in [-0.15, -0.1) is 0 Å². The Balaban J connectivity index is 1.80. The Kier molecular flexibility index (Phi) is 7.97. The zero-order valence-corrected chi connectivity index (χ0v) is 20.5. The Morgan fingerprint density at radius 3 is 2.29 bits per heavy atom. The van der Waals surface area contributed by atoms with Crippen molar-refractivity contribution in [2.75, 3.05) is 5.32 Å². The molecule has 3 amide bonds. The van der Waals surface area contributed by atoms with E-state index in [1.807, 2.05) is 0 Å². The lowest BCUT2D eigenvalue weighted by atomic mass is 10.2. The predicted molar refractivity (Wildman–Crippen MR) is 129 cm³/mol. The lowest BCUT2D eigenvalue weighted by Crippen LogP contribution is -2.34. The number of rotatable bonds is 4. The third-order valence-electron chi connectivity index (χ3n) is 3.82. The van der Waals surface area contributed by atoms with Crippen LogP contribution in [0.15, 0.2) is 53.0 Å². The van der Waals surface area contributed by atoms with Gasteiger partial charge in [-0.2, -0.15) is 0 Å². The molecule has 3 aromatic rings. The van der Waals surface area contributed by atoms with Crippen LogP contribution in [0.25, 0.3) is 0 Å². The van der Waals surface area contributed by atoms with E-state index in [1.165, 1.54) is 18.2 Å². The van der Waals surface area contributed by atoms with E-state index in [0.29, 0.717) is 15.2 Å². The summed E-state index contributed by atoms with van der Waals surface area (Å²) in [6, 6.07) is 11.7. The van der Waals surface area contributed by atoms with Crippen LogP contribution in [0.1, 0.15) is 10.4 Å². The van der Waals surface area contributed by atoms with Crippen molar-refractivity contribution >= 4 is 91.6 Å². The van der Waals surface area contributed by atoms with Gasteiger partial charge >= 0.3 is 6.03 Å². The average Bonchev–Trinajstić information content (AvgIpc) is 2.71. The van der Waals surface area contributed by atoms with Gasteiger partial charge in [0.05, 0.1) is 30.8 Å². The van der Waals surface area contributed by atoms with Crippen molar-refractivity contribution in [3.05, 3.63) is 83.7 Å². The lowest BCUT2D eigenvalue weighted by molar-refractivity contribution is 0.0967. The van der Waals surface area contributed by atoms with Crippen LogP contribution in [0.5, 0.6) is 11.5 Å². The molecule has 0 heterocycles. The topological polar surface area (TPSA) is 67.4 Å². The molecule has 0 fully saturated rings. The maximum Gasteiger partial charge on any atom is 0.326 e. The van der Waals surface area contributed by atoms with E-state index in [2.05, 4.69) is 26.6 Å². The van der Waals surface area contributed by atoms with Crippen LogP contribution in [0.2, 0.25) is 25.1 Å². The van der Waals surface area contributed by atoms with Crippen molar-refractivity contribution in [3.63, 3.8) is 0 Å². The first kappa shape index (κ1) is 24.0. The molecule has 0 saturated heterocycles. The van der Waals surface area contributed by atoms with Crippen molar-refractivity contribution in [3.8, 4) is 11.5 Å². The molecule has 2 N–H and O–H groups in total. The van der Waals surface area contributed by atoms with E-state index in [-0.39, 0.29) is 37.1 Å². The van der Waals surface area contributed by atoms with Gasteiger partial charge in [-0.25, -0.2) is 4.79 Å². The molecule has 3 rings (SSSR count). The molecule has 31 heavy (non-hydrogen) atoms. The van der Waals surface area contributed by atoms with E-state index >= 15 is 0 Å². The number of halogens is 6. The third kappa shape index (κ3) is 5.77. The molecular weight excluding hydrogens is 573 g/mol. The van der Waals surface area contributed by atoms with E-state index in [9.17, 15) is 9.59 Å². The Morgan fingerprint density at radius 2 is 1.58 bits per heavy atom. The fourth-order valence-electron chi connectivity index (χ4n) is 2.40. The minimum Gasteiger partial charge on any atom is -0.453 e. The molecule has 0 aliphatic rings. The Morgan fingerprint density at radius 1 is 0.871 bits per heavy atom. The van der Waals surface area contributed by atoms with E-state index in [1.54, 1.807) is 30.3 Å². The molecule has 0 aliphatic carbocycles. The molecule has 0 aliphatic heterocycles. The van der Waals surface area contributed by atoms with Crippen LogP contribution in [0, 0.1) is 0 Å². The molecule has 0 saturated carbocycles. The van der Waals surface area contributed by atoms with Gasteiger partial charge in [-0.3, -0.25) is 10.1 Å². The monoisotopic (exact) mass is 580 g/mol. The quantitative estimate of drug-likeness (QED) is 0.303. The summed E-state index contributed by atoms with van der Waals surface area (Å²) in [6.07, 6.45) is 0. The largest absolute Gasteiger partial charge is 0.453 e. The van der Waals surface area contributed by atoms with Crippen LogP contribution in [0.4, 0.5) is 10.5 Å². The highest BCUT2D eigenvalue weighted by Gasteiger charge is 2.20. The summed E-state index contributed by atoms with van der Waals surface area (Å²) in [5.74, 6) is -0.271. The van der Waals surface area contributed by atoms with Gasteiger partial charge in [0.25, 0.3) is 5.91 Å². The van der Waals surface area contributed by atoms with E-state index in [0.717, 1.165) is 0 Å². The maximum atomic E-state index is 12.3. The van der Waals surface area contributed by atoms with Crippen LogP contribution in [-0.2, 0) is 0 Å². The van der Waals surface area contributed by atoms with Crippen molar-refractivity contribution < 1.29 is 14.3 Å². The molecule has 0 bridgehead atoms. The van der Waals surface area contributed by atoms with E-state index in [4.69, 9.17) is 62.7 Å². The normalized spacial score (nSPS) is 10.5. The molecule has 0 unspecified atom stereocenters. The number of nitrogens with one attached hydrogen (secondary N) is 2. The number of urea groups is 1. The number of anilines is 1. The maximum absolute atomic E-state index is 12.3. The van der Waals surface area contributed by atoms with Gasteiger partial charge < -0.3 is 10.1 Å². The van der Waals surface area contributed by atoms with Gasteiger partial charge in [-0.05, 0) is 46.3 Å². The fraction of sp³-hybridized carbons (Fsp3) is 0. The number of carbonyl (C=O) groups is 2. The van der Waals surface area contributed by atoms with Crippen molar-refractivity contribution in [1.82, 2.24) is 5.32 Å². The van der Waals surface area contributed by atoms with Gasteiger partial charge in [0, 0.05) is 11.1 Å². The minimum atomic E-state index is -0.856. The summed E-state index contributed by atoms with van der Waals surface area (Å²) in [7, 11) is 0. The summed E-state index contributed by atoms with van der Waals surface area (Å²) < 4.78 is 6.36. The second-order valence-electron chi connectivity index (χ2n) is 5.93. The lowest BCUT2D eigenvalue weighted by Gasteiger charge is -2.15. The second kappa shape index (κ2) is 10.3.